The van der Waals surface area contributed by atoms with E-state index < -0.39 is 11.6 Å². The van der Waals surface area contributed by atoms with E-state index in [1.807, 2.05) is 32.0 Å². The number of rotatable bonds is 5. The molecule has 0 spiro atoms. The normalized spacial score (nSPS) is 10.7. The van der Waals surface area contributed by atoms with Crippen LogP contribution in [0.15, 0.2) is 48.7 Å². The fraction of sp³-hybridized carbons (Fsp3) is 0.227. The van der Waals surface area contributed by atoms with Gasteiger partial charge in [-0.05, 0) is 61.7 Å². The minimum atomic E-state index is -0.555. The summed E-state index contributed by atoms with van der Waals surface area (Å²) in [5, 5.41) is 15.0. The van der Waals surface area contributed by atoms with Crippen LogP contribution >= 0.6 is 0 Å². The Bertz CT molecular complexity index is 1130. The third-order valence-electron chi connectivity index (χ3n) is 4.51. The van der Waals surface area contributed by atoms with Gasteiger partial charge < -0.3 is 5.32 Å². The van der Waals surface area contributed by atoms with Crippen molar-refractivity contribution in [2.45, 2.75) is 26.3 Å². The summed E-state index contributed by atoms with van der Waals surface area (Å²) >= 11 is 0. The highest BCUT2D eigenvalue weighted by Crippen LogP contribution is 2.23. The smallest absolute Gasteiger partial charge is 0.168 e. The molecular formula is C22H23F2N5O. The van der Waals surface area contributed by atoms with Gasteiger partial charge in [-0.1, -0.05) is 6.07 Å². The Hall–Kier alpha value is -3.55. The van der Waals surface area contributed by atoms with Crippen molar-refractivity contribution in [3.63, 3.8) is 0 Å². The van der Waals surface area contributed by atoms with Crippen molar-refractivity contribution in [3.8, 4) is 0 Å². The molecule has 2 heterocycles. The Morgan fingerprint density at radius 2 is 1.83 bits per heavy atom. The molecule has 0 unspecified atom stereocenters. The predicted octanol–water partition coefficient (Wildman–Crippen LogP) is 4.75. The van der Waals surface area contributed by atoms with Crippen molar-refractivity contribution in [1.29, 1.82) is 0 Å². The van der Waals surface area contributed by atoms with Crippen molar-refractivity contribution >= 4 is 23.0 Å². The summed E-state index contributed by atoms with van der Waals surface area (Å²) in [4.78, 5) is 10.3. The molecule has 2 aromatic carbocycles. The molecule has 8 heteroatoms. The molecule has 0 saturated heterocycles. The third kappa shape index (κ3) is 4.89. The molecule has 0 atom stereocenters. The largest absolute Gasteiger partial charge is 0.371 e. The molecular weight excluding hydrogens is 388 g/mol. The van der Waals surface area contributed by atoms with E-state index in [0.29, 0.717) is 17.7 Å². The molecule has 0 radical (unpaired) electrons. The van der Waals surface area contributed by atoms with Gasteiger partial charge in [0.15, 0.2) is 12.1 Å². The summed E-state index contributed by atoms with van der Waals surface area (Å²) in [6.45, 7) is 3.97. The number of hydrogen-bond acceptors (Lipinski definition) is 4. The van der Waals surface area contributed by atoms with Gasteiger partial charge in [-0.3, -0.25) is 14.6 Å². The summed E-state index contributed by atoms with van der Waals surface area (Å²) in [6, 6.07) is 11.3. The van der Waals surface area contributed by atoms with E-state index in [1.54, 1.807) is 24.0 Å². The Labute approximate surface area is 172 Å². The average Bonchev–Trinajstić information content (AvgIpc) is 3.34. The van der Waals surface area contributed by atoms with Crippen molar-refractivity contribution in [2.24, 2.45) is 0 Å². The molecule has 0 amide bonds. The van der Waals surface area contributed by atoms with Crippen molar-refractivity contribution in [2.75, 3.05) is 12.4 Å². The number of carbonyl (C=O) groups excluding carboxylic acids is 1. The molecule has 2 aromatic heterocycles. The second-order valence-corrected chi connectivity index (χ2v) is 7.07. The molecule has 0 aliphatic carbocycles. The van der Waals surface area contributed by atoms with Crippen LogP contribution in [0.1, 0.15) is 41.5 Å². The number of anilines is 1. The number of hydrogen-bond donors (Lipinski definition) is 2. The van der Waals surface area contributed by atoms with Crippen molar-refractivity contribution in [1.82, 2.24) is 20.0 Å². The number of aromatic amines is 1. The number of H-pyrrole nitrogens is 1. The number of carbonyl (C=O) groups is 1. The Balaban J connectivity index is 0.000000216. The minimum Gasteiger partial charge on any atom is -0.371 e. The molecule has 0 aliphatic rings. The lowest BCUT2D eigenvalue weighted by molar-refractivity contribution is 0.111. The highest BCUT2D eigenvalue weighted by molar-refractivity contribution is 5.90. The fourth-order valence-electron chi connectivity index (χ4n) is 3.16. The second-order valence-electron chi connectivity index (χ2n) is 7.07. The molecule has 30 heavy (non-hydrogen) atoms. The van der Waals surface area contributed by atoms with Crippen LogP contribution in [0.25, 0.3) is 10.9 Å². The van der Waals surface area contributed by atoms with E-state index >= 15 is 0 Å². The first-order valence-corrected chi connectivity index (χ1v) is 9.49. The Morgan fingerprint density at radius 3 is 2.43 bits per heavy atom. The van der Waals surface area contributed by atoms with Gasteiger partial charge in [0.2, 0.25) is 0 Å². The molecule has 0 saturated carbocycles. The zero-order valence-corrected chi connectivity index (χ0v) is 17.0. The molecule has 2 N–H and O–H groups in total. The molecule has 4 rings (SSSR count). The maximum absolute atomic E-state index is 13.2. The number of aldehydes is 1. The van der Waals surface area contributed by atoms with E-state index in [0.717, 1.165) is 34.6 Å². The van der Waals surface area contributed by atoms with Gasteiger partial charge in [0.25, 0.3) is 0 Å². The highest BCUT2D eigenvalue weighted by atomic mass is 19.1. The minimum absolute atomic E-state index is 0.259. The van der Waals surface area contributed by atoms with Gasteiger partial charge in [-0.15, -0.1) is 0 Å². The zero-order chi connectivity index (χ0) is 21.7. The SMILES string of the molecule is CC(C)n1nccc1C=O.CNc1n[nH]c2ccc(Cc3cc(F)cc(F)c3)cc12. The van der Waals surface area contributed by atoms with E-state index in [9.17, 15) is 13.6 Å². The van der Waals surface area contributed by atoms with Crippen LogP contribution in [0.4, 0.5) is 14.6 Å². The summed E-state index contributed by atoms with van der Waals surface area (Å²) < 4.78 is 28.1. The lowest BCUT2D eigenvalue weighted by Gasteiger charge is -2.05. The topological polar surface area (TPSA) is 75.6 Å². The van der Waals surface area contributed by atoms with Crippen LogP contribution in [0, 0.1) is 11.6 Å². The van der Waals surface area contributed by atoms with Gasteiger partial charge in [0.1, 0.15) is 17.3 Å². The van der Waals surface area contributed by atoms with E-state index in [2.05, 4.69) is 20.6 Å². The summed E-state index contributed by atoms with van der Waals surface area (Å²) in [6.07, 6.45) is 2.91. The predicted molar refractivity (Wildman–Crippen MR) is 113 cm³/mol. The maximum Gasteiger partial charge on any atom is 0.168 e. The van der Waals surface area contributed by atoms with Crippen LogP contribution in [-0.4, -0.2) is 33.3 Å². The lowest BCUT2D eigenvalue weighted by atomic mass is 10.0. The maximum atomic E-state index is 13.2. The first-order valence-electron chi connectivity index (χ1n) is 9.49. The van der Waals surface area contributed by atoms with Gasteiger partial charge in [0.05, 0.1) is 5.52 Å². The van der Waals surface area contributed by atoms with E-state index in [4.69, 9.17) is 0 Å². The molecule has 0 fully saturated rings. The average molecular weight is 411 g/mol. The number of fused-ring (bicyclic) bond motifs is 1. The van der Waals surface area contributed by atoms with E-state index in [-0.39, 0.29) is 6.04 Å². The highest BCUT2D eigenvalue weighted by Gasteiger charge is 2.07. The number of nitrogens with zero attached hydrogens (tertiary/aromatic N) is 3. The first kappa shape index (κ1) is 21.2. The fourth-order valence-corrected chi connectivity index (χ4v) is 3.16. The van der Waals surface area contributed by atoms with E-state index in [1.165, 1.54) is 12.1 Å². The Kier molecular flexibility index (Phi) is 6.56. The third-order valence-corrected chi connectivity index (χ3v) is 4.51. The summed E-state index contributed by atoms with van der Waals surface area (Å²) in [5.74, 6) is -0.354. The van der Waals surface area contributed by atoms with Crippen LogP contribution in [0.2, 0.25) is 0 Å². The molecule has 4 aromatic rings. The van der Waals surface area contributed by atoms with Crippen LogP contribution in [-0.2, 0) is 6.42 Å². The van der Waals surface area contributed by atoms with Gasteiger partial charge in [-0.25, -0.2) is 8.78 Å². The standard InChI is InChI=1S/C15H13F2N3.C7H10N2O/c1-18-15-13-7-9(2-3-14(13)19-20-15)4-10-5-11(16)8-12(17)6-10;1-6(2)9-7(5-10)3-4-8-9/h2-3,5-8H,4H2,1H3,(H2,18,19,20);3-6H,1-2H3. The summed E-state index contributed by atoms with van der Waals surface area (Å²) in [7, 11) is 1.80. The number of nitrogens with one attached hydrogen (secondary N) is 2. The quantitative estimate of drug-likeness (QED) is 0.465. The monoisotopic (exact) mass is 411 g/mol. The van der Waals surface area contributed by atoms with Crippen molar-refractivity contribution < 1.29 is 13.6 Å². The molecule has 0 bridgehead atoms. The molecule has 6 nitrogen and oxygen atoms in total. The van der Waals surface area contributed by atoms with Gasteiger partial charge >= 0.3 is 0 Å². The molecule has 0 aliphatic heterocycles. The lowest BCUT2D eigenvalue weighted by Crippen LogP contribution is -2.06. The second kappa shape index (κ2) is 9.30. The van der Waals surface area contributed by atoms with Gasteiger partial charge in [-0.2, -0.15) is 10.2 Å². The molecule has 156 valence electrons. The van der Waals surface area contributed by atoms with Crippen LogP contribution in [0.5, 0.6) is 0 Å². The number of halogens is 2. The zero-order valence-electron chi connectivity index (χ0n) is 17.0. The van der Waals surface area contributed by atoms with Crippen LogP contribution in [0.3, 0.4) is 0 Å². The Morgan fingerprint density at radius 1 is 1.10 bits per heavy atom. The van der Waals surface area contributed by atoms with Gasteiger partial charge in [0, 0.05) is 30.7 Å². The number of aromatic nitrogens is 4. The number of benzene rings is 2. The van der Waals surface area contributed by atoms with Crippen molar-refractivity contribution in [3.05, 3.63) is 77.1 Å². The van der Waals surface area contributed by atoms with Crippen LogP contribution < -0.4 is 5.32 Å². The summed E-state index contributed by atoms with van der Waals surface area (Å²) in [5.41, 5.74) is 3.13. The first-order chi connectivity index (χ1) is 14.4.